The lowest BCUT2D eigenvalue weighted by Crippen LogP contribution is -2.52. The van der Waals surface area contributed by atoms with Crippen LogP contribution in [0.2, 0.25) is 0 Å². The Balaban J connectivity index is 2.32. The number of para-hydroxylation sites is 1. The first-order chi connectivity index (χ1) is 11.0. The predicted octanol–water partition coefficient (Wildman–Crippen LogP) is 2.57. The second kappa shape index (κ2) is 6.91. The molecule has 0 unspecified atom stereocenters. The molecule has 3 N–H and O–H groups in total. The molecule has 5 nitrogen and oxygen atoms in total. The largest absolute Gasteiger partial charge is 0.345 e. The first kappa shape index (κ1) is 17.1. The highest BCUT2D eigenvalue weighted by Gasteiger charge is 2.28. The summed E-state index contributed by atoms with van der Waals surface area (Å²) in [6, 6.07) is 6.33. The van der Waals surface area contributed by atoms with Gasteiger partial charge in [-0.3, -0.25) is 4.79 Å². The zero-order valence-corrected chi connectivity index (χ0v) is 13.8. The van der Waals surface area contributed by atoms with Crippen LogP contribution in [-0.2, 0) is 0 Å². The molecule has 2 rings (SSSR count). The third kappa shape index (κ3) is 3.27. The molecule has 1 aromatic heterocycles. The fraction of sp³-hybridized carbons (Fsp3) is 0.412. The van der Waals surface area contributed by atoms with Crippen molar-refractivity contribution in [2.45, 2.75) is 39.2 Å². The Morgan fingerprint density at radius 1 is 1.35 bits per heavy atom. The van der Waals surface area contributed by atoms with E-state index in [-0.39, 0.29) is 11.7 Å². The Bertz CT molecular complexity index is 683. The van der Waals surface area contributed by atoms with Gasteiger partial charge in [0.1, 0.15) is 11.5 Å². The molecule has 1 aromatic carbocycles. The molecule has 1 amide bonds. The Hall–Kier alpha value is -2.21. The summed E-state index contributed by atoms with van der Waals surface area (Å²) in [5, 5.41) is 7.17. The first-order valence-corrected chi connectivity index (χ1v) is 7.80. The third-order valence-electron chi connectivity index (χ3n) is 4.46. The highest BCUT2D eigenvalue weighted by molar-refractivity contribution is 5.95. The molecular formula is C17H23FN4O. The molecule has 0 aliphatic carbocycles. The zero-order valence-electron chi connectivity index (χ0n) is 13.8. The molecule has 0 spiro atoms. The average molecular weight is 318 g/mol. The van der Waals surface area contributed by atoms with Crippen LogP contribution in [0.5, 0.6) is 0 Å². The number of nitrogens with zero attached hydrogens (tertiary/aromatic N) is 2. The summed E-state index contributed by atoms with van der Waals surface area (Å²) in [6.07, 6.45) is 2.95. The van der Waals surface area contributed by atoms with Crippen LogP contribution in [0.1, 0.15) is 42.7 Å². The van der Waals surface area contributed by atoms with Gasteiger partial charge in [-0.05, 0) is 31.9 Å². The van der Waals surface area contributed by atoms with Crippen LogP contribution in [0.15, 0.2) is 30.5 Å². The van der Waals surface area contributed by atoms with E-state index in [9.17, 15) is 9.18 Å². The molecule has 0 aliphatic heterocycles. The van der Waals surface area contributed by atoms with Crippen LogP contribution in [0, 0.1) is 12.7 Å². The molecule has 0 saturated carbocycles. The number of benzene rings is 1. The van der Waals surface area contributed by atoms with Gasteiger partial charge >= 0.3 is 0 Å². The number of aromatic nitrogens is 2. The van der Waals surface area contributed by atoms with E-state index in [4.69, 9.17) is 5.73 Å². The zero-order chi connectivity index (χ0) is 17.0. The molecule has 1 heterocycles. The van der Waals surface area contributed by atoms with Gasteiger partial charge in [-0.2, -0.15) is 5.10 Å². The lowest BCUT2D eigenvalue weighted by atomic mass is 9.92. The van der Waals surface area contributed by atoms with Crippen molar-refractivity contribution < 1.29 is 9.18 Å². The number of amides is 1. The Morgan fingerprint density at radius 2 is 2.00 bits per heavy atom. The molecule has 0 atom stereocenters. The summed E-state index contributed by atoms with van der Waals surface area (Å²) in [5.41, 5.74) is 6.73. The minimum Gasteiger partial charge on any atom is -0.345 e. The fourth-order valence-corrected chi connectivity index (χ4v) is 2.57. The minimum absolute atomic E-state index is 0.237. The minimum atomic E-state index is -0.427. The van der Waals surface area contributed by atoms with E-state index in [0.717, 1.165) is 12.8 Å². The smallest absolute Gasteiger partial charge is 0.255 e. The van der Waals surface area contributed by atoms with Gasteiger partial charge in [0.25, 0.3) is 5.91 Å². The monoisotopic (exact) mass is 318 g/mol. The summed E-state index contributed by atoms with van der Waals surface area (Å²) in [5.74, 6) is -0.622. The van der Waals surface area contributed by atoms with Crippen LogP contribution in [0.3, 0.4) is 0 Å². The second-order valence-corrected chi connectivity index (χ2v) is 5.65. The highest BCUT2D eigenvalue weighted by atomic mass is 19.1. The highest BCUT2D eigenvalue weighted by Crippen LogP contribution is 2.19. The van der Waals surface area contributed by atoms with E-state index in [1.807, 2.05) is 13.8 Å². The molecule has 124 valence electrons. The van der Waals surface area contributed by atoms with Gasteiger partial charge in [-0.25, -0.2) is 9.07 Å². The summed E-state index contributed by atoms with van der Waals surface area (Å²) in [6.45, 7) is 6.10. The van der Waals surface area contributed by atoms with Crippen molar-refractivity contribution in [1.29, 1.82) is 0 Å². The number of carbonyl (C=O) groups excluding carboxylic acids is 1. The van der Waals surface area contributed by atoms with Gasteiger partial charge in [0.15, 0.2) is 0 Å². The molecule has 23 heavy (non-hydrogen) atoms. The predicted molar refractivity (Wildman–Crippen MR) is 88.1 cm³/mol. The van der Waals surface area contributed by atoms with Crippen LogP contribution in [-0.4, -0.2) is 27.8 Å². The molecule has 2 aromatic rings. The van der Waals surface area contributed by atoms with Crippen LogP contribution >= 0.6 is 0 Å². The maximum absolute atomic E-state index is 13.9. The van der Waals surface area contributed by atoms with Crippen molar-refractivity contribution in [2.75, 3.05) is 6.54 Å². The number of hydrogen-bond acceptors (Lipinski definition) is 3. The molecule has 0 bridgehead atoms. The lowest BCUT2D eigenvalue weighted by Gasteiger charge is -2.31. The normalized spacial score (nSPS) is 11.5. The standard InChI is InChI=1S/C17H23FN4O/c1-4-17(5-2,11-19)21-16(23)13-10-20-22(12(13)3)15-9-7-6-8-14(15)18/h6-10H,4-5,11,19H2,1-3H3,(H,21,23). The van der Waals surface area contributed by atoms with Gasteiger partial charge in [-0.1, -0.05) is 26.0 Å². The Kier molecular flexibility index (Phi) is 5.15. The number of rotatable bonds is 6. The summed E-state index contributed by atoms with van der Waals surface area (Å²) < 4.78 is 15.4. The lowest BCUT2D eigenvalue weighted by molar-refractivity contribution is 0.0894. The quantitative estimate of drug-likeness (QED) is 0.860. The van der Waals surface area contributed by atoms with E-state index < -0.39 is 5.54 Å². The third-order valence-corrected chi connectivity index (χ3v) is 4.46. The number of halogens is 1. The van der Waals surface area contributed by atoms with Crippen molar-refractivity contribution in [2.24, 2.45) is 5.73 Å². The molecule has 0 fully saturated rings. The van der Waals surface area contributed by atoms with Crippen molar-refractivity contribution in [1.82, 2.24) is 15.1 Å². The molecular weight excluding hydrogens is 295 g/mol. The summed E-state index contributed by atoms with van der Waals surface area (Å²) in [7, 11) is 0. The maximum atomic E-state index is 13.9. The topological polar surface area (TPSA) is 72.9 Å². The average Bonchev–Trinajstić information content (AvgIpc) is 2.95. The van der Waals surface area contributed by atoms with Crippen LogP contribution in [0.4, 0.5) is 4.39 Å². The molecule has 0 aliphatic rings. The van der Waals surface area contributed by atoms with Crippen molar-refractivity contribution in [3.63, 3.8) is 0 Å². The van der Waals surface area contributed by atoms with Crippen molar-refractivity contribution in [3.05, 3.63) is 47.5 Å². The Morgan fingerprint density at radius 3 is 2.57 bits per heavy atom. The van der Waals surface area contributed by atoms with Gasteiger partial charge in [-0.15, -0.1) is 0 Å². The van der Waals surface area contributed by atoms with Gasteiger partial charge in [0.05, 0.1) is 23.0 Å². The molecule has 0 saturated heterocycles. The Labute approximate surface area is 135 Å². The van der Waals surface area contributed by atoms with Gasteiger partial charge in [0.2, 0.25) is 0 Å². The van der Waals surface area contributed by atoms with Crippen molar-refractivity contribution in [3.8, 4) is 5.69 Å². The van der Waals surface area contributed by atoms with Crippen LogP contribution in [0.25, 0.3) is 5.69 Å². The summed E-state index contributed by atoms with van der Waals surface area (Å²) in [4.78, 5) is 12.6. The number of nitrogens with two attached hydrogens (primary N) is 1. The number of carbonyl (C=O) groups is 1. The SMILES string of the molecule is CCC(CC)(CN)NC(=O)c1cnn(-c2ccccc2F)c1C. The first-order valence-electron chi connectivity index (χ1n) is 7.80. The number of hydrogen-bond donors (Lipinski definition) is 2. The second-order valence-electron chi connectivity index (χ2n) is 5.65. The fourth-order valence-electron chi connectivity index (χ4n) is 2.57. The van der Waals surface area contributed by atoms with Gasteiger partial charge < -0.3 is 11.1 Å². The van der Waals surface area contributed by atoms with E-state index >= 15 is 0 Å². The van der Waals surface area contributed by atoms with Crippen LogP contribution < -0.4 is 11.1 Å². The maximum Gasteiger partial charge on any atom is 0.255 e. The molecule has 0 radical (unpaired) electrons. The van der Waals surface area contributed by atoms with E-state index in [1.54, 1.807) is 25.1 Å². The van der Waals surface area contributed by atoms with E-state index in [1.165, 1.54) is 16.9 Å². The van der Waals surface area contributed by atoms with Gasteiger partial charge in [0, 0.05) is 6.54 Å². The number of nitrogens with one attached hydrogen (secondary N) is 1. The van der Waals surface area contributed by atoms with E-state index in [2.05, 4.69) is 10.4 Å². The summed E-state index contributed by atoms with van der Waals surface area (Å²) >= 11 is 0. The van der Waals surface area contributed by atoms with E-state index in [0.29, 0.717) is 23.5 Å². The molecule has 6 heteroatoms. The van der Waals surface area contributed by atoms with Crippen molar-refractivity contribution >= 4 is 5.91 Å².